The van der Waals surface area contributed by atoms with Gasteiger partial charge in [0.1, 0.15) is 17.5 Å². The number of aromatic amines is 1. The molecule has 0 fully saturated rings. The van der Waals surface area contributed by atoms with Gasteiger partial charge in [-0.2, -0.15) is 4.98 Å². The van der Waals surface area contributed by atoms with E-state index in [0.717, 1.165) is 0 Å². The number of hydrogen-bond acceptors (Lipinski definition) is 7. The van der Waals surface area contributed by atoms with Gasteiger partial charge in [-0.1, -0.05) is 12.1 Å². The highest BCUT2D eigenvalue weighted by molar-refractivity contribution is 6.08. The largest absolute Gasteiger partial charge is 0.497 e. The van der Waals surface area contributed by atoms with Crippen LogP contribution in [0.25, 0.3) is 0 Å². The van der Waals surface area contributed by atoms with E-state index in [-0.39, 0.29) is 23.9 Å². The van der Waals surface area contributed by atoms with Gasteiger partial charge in [-0.3, -0.25) is 19.4 Å². The van der Waals surface area contributed by atoms with Gasteiger partial charge in [-0.05, 0) is 24.6 Å². The van der Waals surface area contributed by atoms with Gasteiger partial charge < -0.3 is 20.5 Å². The molecule has 1 aromatic heterocycles. The zero-order valence-corrected chi connectivity index (χ0v) is 14.2. The third-order valence-electron chi connectivity index (χ3n) is 4.16. The quantitative estimate of drug-likeness (QED) is 0.538. The second kappa shape index (κ2) is 6.87. The maximum atomic E-state index is 12.6. The second-order valence-corrected chi connectivity index (χ2v) is 5.68. The summed E-state index contributed by atoms with van der Waals surface area (Å²) < 4.78 is 10.2. The Morgan fingerprint density at radius 2 is 1.96 bits per heavy atom. The number of H-pyrrole nitrogens is 1. The molecule has 136 valence electrons. The van der Waals surface area contributed by atoms with Crippen molar-refractivity contribution in [2.75, 3.05) is 24.8 Å². The predicted molar refractivity (Wildman–Crippen MR) is 92.9 cm³/mol. The average Bonchev–Trinajstić information content (AvgIpc) is 2.60. The van der Waals surface area contributed by atoms with Crippen LogP contribution < -0.4 is 21.3 Å². The molecule has 3 rings (SSSR count). The smallest absolute Gasteiger partial charge is 0.319 e. The molecule has 0 radical (unpaired) electrons. The number of nitrogen functional groups attached to an aromatic ring is 1. The van der Waals surface area contributed by atoms with E-state index in [1.54, 1.807) is 31.2 Å². The van der Waals surface area contributed by atoms with Gasteiger partial charge in [-0.25, -0.2) is 0 Å². The third kappa shape index (κ3) is 2.99. The fourth-order valence-corrected chi connectivity index (χ4v) is 3.04. The van der Waals surface area contributed by atoms with Crippen LogP contribution in [-0.2, 0) is 14.3 Å². The first kappa shape index (κ1) is 17.5. The first-order valence-electron chi connectivity index (χ1n) is 7.97. The van der Waals surface area contributed by atoms with Gasteiger partial charge in [0.25, 0.3) is 5.56 Å². The minimum Gasteiger partial charge on any atom is -0.497 e. The number of carbonyl (C=O) groups excluding carboxylic acids is 2. The highest BCUT2D eigenvalue weighted by Gasteiger charge is 2.45. The summed E-state index contributed by atoms with van der Waals surface area (Å²) >= 11 is 0. The molecule has 0 bridgehead atoms. The maximum absolute atomic E-state index is 12.6. The number of methoxy groups -OCH3 is 1. The lowest BCUT2D eigenvalue weighted by Gasteiger charge is -2.30. The second-order valence-electron chi connectivity index (χ2n) is 5.68. The number of anilines is 2. The molecule has 0 unspecified atom stereocenters. The number of nitrogens with one attached hydrogen (secondary N) is 2. The van der Waals surface area contributed by atoms with Crippen molar-refractivity contribution in [3.05, 3.63) is 45.7 Å². The van der Waals surface area contributed by atoms with E-state index in [2.05, 4.69) is 15.3 Å². The van der Waals surface area contributed by atoms with E-state index in [1.165, 1.54) is 7.11 Å². The molecule has 9 heteroatoms. The Hall–Kier alpha value is -3.36. The predicted octanol–water partition coefficient (Wildman–Crippen LogP) is 0.624. The summed E-state index contributed by atoms with van der Waals surface area (Å²) in [6.45, 7) is 1.76. The summed E-state index contributed by atoms with van der Waals surface area (Å²) in [6, 6.07) is 6.74. The number of fused-ring (bicyclic) bond motifs is 1. The molecule has 9 nitrogen and oxygen atoms in total. The summed E-state index contributed by atoms with van der Waals surface area (Å²) in [5.74, 6) is -2.88. The minimum atomic E-state index is -1.22. The maximum Gasteiger partial charge on any atom is 0.319 e. The van der Waals surface area contributed by atoms with Crippen LogP contribution >= 0.6 is 0 Å². The lowest BCUT2D eigenvalue weighted by molar-refractivity contribution is -0.151. The highest BCUT2D eigenvalue weighted by Crippen LogP contribution is 2.39. The van der Waals surface area contributed by atoms with Crippen LogP contribution in [0.2, 0.25) is 0 Å². The van der Waals surface area contributed by atoms with Crippen LogP contribution in [0.5, 0.6) is 5.75 Å². The van der Waals surface area contributed by atoms with Gasteiger partial charge in [0.05, 0.1) is 19.3 Å². The number of esters is 1. The number of ether oxygens (including phenoxy) is 2. The van der Waals surface area contributed by atoms with Crippen molar-refractivity contribution in [2.24, 2.45) is 5.92 Å². The molecule has 2 aromatic rings. The average molecular weight is 358 g/mol. The zero-order valence-electron chi connectivity index (χ0n) is 14.2. The van der Waals surface area contributed by atoms with Crippen molar-refractivity contribution >= 4 is 23.6 Å². The van der Waals surface area contributed by atoms with Gasteiger partial charge in [0, 0.05) is 5.92 Å². The zero-order chi connectivity index (χ0) is 18.8. The molecule has 2 atom stereocenters. The highest BCUT2D eigenvalue weighted by atomic mass is 16.5. The van der Waals surface area contributed by atoms with Crippen LogP contribution in [0.15, 0.2) is 29.1 Å². The lowest BCUT2D eigenvalue weighted by Crippen LogP contribution is -2.43. The van der Waals surface area contributed by atoms with Gasteiger partial charge in [-0.15, -0.1) is 0 Å². The van der Waals surface area contributed by atoms with Crippen molar-refractivity contribution in [1.82, 2.24) is 9.97 Å². The summed E-state index contributed by atoms with van der Waals surface area (Å²) in [6.07, 6.45) is 0. The number of nitrogens with two attached hydrogens (primary N) is 1. The number of hydrogen-bond donors (Lipinski definition) is 3. The number of carbonyl (C=O) groups is 2. The number of nitrogens with zero attached hydrogens (tertiary/aromatic N) is 1. The molecule has 2 heterocycles. The summed E-state index contributed by atoms with van der Waals surface area (Å²) in [4.78, 5) is 43.9. The molecule has 1 aliphatic rings. The molecule has 0 saturated heterocycles. The fraction of sp³-hybridized carbons (Fsp3) is 0.294. The van der Waals surface area contributed by atoms with Crippen LogP contribution in [0.4, 0.5) is 11.8 Å². The monoisotopic (exact) mass is 358 g/mol. The van der Waals surface area contributed by atoms with Gasteiger partial charge >= 0.3 is 5.97 Å². The van der Waals surface area contributed by atoms with E-state index in [0.29, 0.717) is 11.3 Å². The molecule has 1 aliphatic heterocycles. The van der Waals surface area contributed by atoms with Crippen molar-refractivity contribution in [3.8, 4) is 5.75 Å². The SMILES string of the molecule is CCOC(=O)[C@H]1C(=O)Nc2nc(N)[nH]c(=O)c2[C@H]1c1ccc(OC)cc1. The molecule has 0 aliphatic carbocycles. The number of rotatable bonds is 4. The standard InChI is InChI=1S/C17H18N4O5/c1-3-26-16(24)12-10(8-4-6-9(25-2)7-5-8)11-13(19-15(12)23)20-17(18)21-14(11)22/h4-7,10,12H,3H2,1-2H3,(H4,18,19,20,21,22,23)/t10-,12-/m1/s1. The summed E-state index contributed by atoms with van der Waals surface area (Å²) in [5.41, 5.74) is 5.78. The van der Waals surface area contributed by atoms with E-state index < -0.39 is 29.3 Å². The number of benzene rings is 1. The summed E-state index contributed by atoms with van der Waals surface area (Å²) in [7, 11) is 1.52. The number of amides is 1. The van der Waals surface area contributed by atoms with Crippen LogP contribution in [-0.4, -0.2) is 35.6 Å². The van der Waals surface area contributed by atoms with Crippen LogP contribution in [0, 0.1) is 5.92 Å². The first-order chi connectivity index (χ1) is 12.5. The molecule has 4 N–H and O–H groups in total. The minimum absolute atomic E-state index is 0.0395. The van der Waals surface area contributed by atoms with E-state index in [1.807, 2.05) is 0 Å². The molecular weight excluding hydrogens is 340 g/mol. The Labute approximate surface area is 148 Å². The molecule has 1 amide bonds. The van der Waals surface area contributed by atoms with E-state index >= 15 is 0 Å². The molecule has 26 heavy (non-hydrogen) atoms. The Balaban J connectivity index is 2.20. The van der Waals surface area contributed by atoms with Gasteiger partial charge in [0.15, 0.2) is 0 Å². The van der Waals surface area contributed by atoms with Crippen molar-refractivity contribution in [2.45, 2.75) is 12.8 Å². The van der Waals surface area contributed by atoms with Crippen LogP contribution in [0.1, 0.15) is 24.0 Å². The molecule has 0 spiro atoms. The Kier molecular flexibility index (Phi) is 4.61. The molecule has 0 saturated carbocycles. The van der Waals surface area contributed by atoms with Crippen LogP contribution in [0.3, 0.4) is 0 Å². The van der Waals surface area contributed by atoms with Gasteiger partial charge in [0.2, 0.25) is 11.9 Å². The fourth-order valence-electron chi connectivity index (χ4n) is 3.04. The molecular formula is C17H18N4O5. The first-order valence-corrected chi connectivity index (χ1v) is 7.97. The lowest BCUT2D eigenvalue weighted by atomic mass is 9.78. The Morgan fingerprint density at radius 3 is 2.58 bits per heavy atom. The van der Waals surface area contributed by atoms with Crippen molar-refractivity contribution < 1.29 is 19.1 Å². The van der Waals surface area contributed by atoms with Crippen molar-refractivity contribution in [1.29, 1.82) is 0 Å². The normalized spacial score (nSPS) is 18.6. The van der Waals surface area contributed by atoms with Crippen molar-refractivity contribution in [3.63, 3.8) is 0 Å². The Bertz CT molecular complexity index is 906. The van der Waals surface area contributed by atoms with E-state index in [4.69, 9.17) is 15.2 Å². The summed E-state index contributed by atoms with van der Waals surface area (Å²) in [5, 5.41) is 2.48. The van der Waals surface area contributed by atoms with E-state index in [9.17, 15) is 14.4 Å². The topological polar surface area (TPSA) is 136 Å². The Morgan fingerprint density at radius 1 is 1.27 bits per heavy atom. The third-order valence-corrected chi connectivity index (χ3v) is 4.16. The molecule has 1 aromatic carbocycles. The number of aromatic nitrogens is 2.